The Labute approximate surface area is 142 Å². The van der Waals surface area contributed by atoms with Gasteiger partial charge in [-0.05, 0) is 34.1 Å². The average Bonchev–Trinajstić information content (AvgIpc) is 2.84. The maximum atomic E-state index is 14.0. The van der Waals surface area contributed by atoms with Gasteiger partial charge in [0.05, 0.1) is 11.3 Å². The second-order valence-corrected chi connectivity index (χ2v) is 5.75. The molecule has 0 unspecified atom stereocenters. The molecule has 0 amide bonds. The van der Waals surface area contributed by atoms with Crippen LogP contribution in [0.15, 0.2) is 39.2 Å². The number of nitrogens with one attached hydrogen (secondary N) is 1. The van der Waals surface area contributed by atoms with Gasteiger partial charge in [-0.3, -0.25) is 0 Å². The molecule has 0 bridgehead atoms. The molecule has 3 rings (SSSR count). The highest BCUT2D eigenvalue weighted by atomic mass is 79.9. The number of fused-ring (bicyclic) bond motifs is 1. The molecule has 2 N–H and O–H groups in total. The molecule has 23 heavy (non-hydrogen) atoms. The number of benzene rings is 2. The van der Waals surface area contributed by atoms with E-state index in [0.29, 0.717) is 16.2 Å². The predicted molar refractivity (Wildman–Crippen MR) is 88.8 cm³/mol. The minimum absolute atomic E-state index is 0.128. The Morgan fingerprint density at radius 2 is 2.00 bits per heavy atom. The van der Waals surface area contributed by atoms with Crippen LogP contribution in [0.5, 0.6) is 0 Å². The van der Waals surface area contributed by atoms with Gasteiger partial charge in [-0.25, -0.2) is 13.6 Å². The molecule has 2 aromatic carbocycles. The van der Waals surface area contributed by atoms with Gasteiger partial charge >= 0.3 is 5.97 Å². The van der Waals surface area contributed by atoms with E-state index >= 15 is 0 Å². The molecule has 0 atom stereocenters. The van der Waals surface area contributed by atoms with Gasteiger partial charge in [0, 0.05) is 22.0 Å². The minimum Gasteiger partial charge on any atom is -0.478 e. The van der Waals surface area contributed by atoms with Gasteiger partial charge in [-0.15, -0.1) is 0 Å². The van der Waals surface area contributed by atoms with Crippen LogP contribution in [-0.4, -0.2) is 11.1 Å². The molecule has 0 aliphatic heterocycles. The molecule has 4 nitrogen and oxygen atoms in total. The summed E-state index contributed by atoms with van der Waals surface area (Å²) in [7, 11) is 0. The van der Waals surface area contributed by atoms with Gasteiger partial charge in [0.15, 0.2) is 5.76 Å². The number of carbonyl (C=O) groups is 1. The molecule has 0 radical (unpaired) electrons. The largest absolute Gasteiger partial charge is 0.478 e. The number of halogens is 3. The molecule has 0 saturated carbocycles. The summed E-state index contributed by atoms with van der Waals surface area (Å²) >= 11 is 7.22. The third-order valence-electron chi connectivity index (χ3n) is 3.29. The highest BCUT2D eigenvalue weighted by molar-refractivity contribution is 9.10. The highest BCUT2D eigenvalue weighted by Crippen LogP contribution is 2.39. The first-order chi connectivity index (χ1) is 10.9. The maximum Gasteiger partial charge on any atom is 0.340 e. The van der Waals surface area contributed by atoms with E-state index in [1.165, 1.54) is 12.1 Å². The Kier molecular flexibility index (Phi) is 4.03. The summed E-state index contributed by atoms with van der Waals surface area (Å²) in [6.07, 6.45) is 0. The standard InChI is InChI=1S/C15H8BrF2NO3S/c16-9-4-8-12(5-11(9)19-23)22-14(13(8)15(20)21)7-2-1-6(17)3-10(7)18/h1-5,19,23H,(H,20,21). The zero-order valence-electron chi connectivity index (χ0n) is 11.2. The Bertz CT molecular complexity index is 942. The SMILES string of the molecule is O=C(O)c1c(-c2ccc(F)cc2F)oc2cc(NS)c(Br)cc12. The number of aromatic carboxylic acids is 1. The normalized spacial score (nSPS) is 11.0. The van der Waals surface area contributed by atoms with Crippen molar-refractivity contribution >= 4 is 51.4 Å². The van der Waals surface area contributed by atoms with Gasteiger partial charge in [-0.2, -0.15) is 0 Å². The van der Waals surface area contributed by atoms with Gasteiger partial charge in [0.2, 0.25) is 0 Å². The third-order valence-corrected chi connectivity index (χ3v) is 4.18. The maximum absolute atomic E-state index is 14.0. The summed E-state index contributed by atoms with van der Waals surface area (Å²) in [6.45, 7) is 0. The number of hydrogen-bond acceptors (Lipinski definition) is 4. The van der Waals surface area contributed by atoms with Crippen LogP contribution in [0.25, 0.3) is 22.3 Å². The number of hydrogen-bond donors (Lipinski definition) is 3. The summed E-state index contributed by atoms with van der Waals surface area (Å²) in [5, 5.41) is 9.76. The number of rotatable bonds is 3. The van der Waals surface area contributed by atoms with Gasteiger partial charge in [0.25, 0.3) is 0 Å². The van der Waals surface area contributed by atoms with Crippen LogP contribution >= 0.6 is 28.7 Å². The fourth-order valence-electron chi connectivity index (χ4n) is 2.28. The van der Waals surface area contributed by atoms with Crippen LogP contribution in [-0.2, 0) is 0 Å². The molecule has 1 aromatic heterocycles. The number of anilines is 1. The topological polar surface area (TPSA) is 62.5 Å². The van der Waals surface area contributed by atoms with E-state index < -0.39 is 17.6 Å². The van der Waals surface area contributed by atoms with E-state index in [-0.39, 0.29) is 27.9 Å². The lowest BCUT2D eigenvalue weighted by Gasteiger charge is -2.02. The molecular weight excluding hydrogens is 392 g/mol. The van der Waals surface area contributed by atoms with Crippen LogP contribution in [0.2, 0.25) is 0 Å². The van der Waals surface area contributed by atoms with E-state index in [2.05, 4.69) is 33.5 Å². The van der Waals surface area contributed by atoms with Crippen LogP contribution in [0, 0.1) is 11.6 Å². The second-order valence-electron chi connectivity index (χ2n) is 4.68. The Morgan fingerprint density at radius 1 is 1.26 bits per heavy atom. The lowest BCUT2D eigenvalue weighted by atomic mass is 10.0. The quantitative estimate of drug-likeness (QED) is 0.536. The number of carboxylic acid groups (broad SMARTS) is 1. The van der Waals surface area contributed by atoms with Crippen LogP contribution < -0.4 is 4.72 Å². The smallest absolute Gasteiger partial charge is 0.340 e. The van der Waals surface area contributed by atoms with Crippen molar-refractivity contribution in [3.05, 3.63) is 52.0 Å². The third kappa shape index (κ3) is 2.68. The van der Waals surface area contributed by atoms with E-state index in [4.69, 9.17) is 4.42 Å². The lowest BCUT2D eigenvalue weighted by molar-refractivity contribution is 0.0699. The summed E-state index contributed by atoms with van der Waals surface area (Å²) in [6, 6.07) is 5.91. The molecule has 118 valence electrons. The highest BCUT2D eigenvalue weighted by Gasteiger charge is 2.24. The minimum atomic E-state index is -1.28. The van der Waals surface area contributed by atoms with Crippen molar-refractivity contribution < 1.29 is 23.1 Å². The fraction of sp³-hybridized carbons (Fsp3) is 0. The predicted octanol–water partition coefficient (Wildman–Crippen LogP) is 5.10. The van der Waals surface area contributed by atoms with Gasteiger partial charge in [-0.1, -0.05) is 12.8 Å². The summed E-state index contributed by atoms with van der Waals surface area (Å²) in [5.74, 6) is -3.11. The zero-order valence-corrected chi connectivity index (χ0v) is 13.7. The van der Waals surface area contributed by atoms with E-state index in [1.54, 1.807) is 0 Å². The zero-order chi connectivity index (χ0) is 16.7. The summed E-state index contributed by atoms with van der Waals surface area (Å²) in [5.41, 5.74) is 0.465. The molecule has 0 aliphatic carbocycles. The molecule has 0 fully saturated rings. The Balaban J connectivity index is 2.36. The molecule has 3 aromatic rings. The van der Waals surface area contributed by atoms with Crippen molar-refractivity contribution in [2.24, 2.45) is 0 Å². The number of carboxylic acids is 1. The molecule has 0 aliphatic rings. The van der Waals surface area contributed by atoms with Crippen molar-refractivity contribution in [2.45, 2.75) is 0 Å². The molecule has 8 heteroatoms. The van der Waals surface area contributed by atoms with E-state index in [0.717, 1.165) is 12.1 Å². The van der Waals surface area contributed by atoms with Crippen molar-refractivity contribution in [1.29, 1.82) is 0 Å². The van der Waals surface area contributed by atoms with E-state index in [9.17, 15) is 18.7 Å². The van der Waals surface area contributed by atoms with Crippen LogP contribution in [0.3, 0.4) is 0 Å². The van der Waals surface area contributed by atoms with Crippen molar-refractivity contribution in [1.82, 2.24) is 0 Å². The molecule has 0 saturated heterocycles. The van der Waals surface area contributed by atoms with Gasteiger partial charge in [0.1, 0.15) is 22.8 Å². The number of thiol groups is 1. The fourth-order valence-corrected chi connectivity index (χ4v) is 3.06. The first-order valence-corrected chi connectivity index (χ1v) is 7.51. The lowest BCUT2D eigenvalue weighted by Crippen LogP contribution is -1.98. The first-order valence-electron chi connectivity index (χ1n) is 6.27. The Morgan fingerprint density at radius 3 is 2.61 bits per heavy atom. The Hall–Kier alpha value is -2.06. The van der Waals surface area contributed by atoms with E-state index in [1.807, 2.05) is 0 Å². The average molecular weight is 400 g/mol. The van der Waals surface area contributed by atoms with Crippen LogP contribution in [0.1, 0.15) is 10.4 Å². The van der Waals surface area contributed by atoms with Crippen LogP contribution in [0.4, 0.5) is 14.5 Å². The first kappa shape index (κ1) is 15.8. The molecule has 0 spiro atoms. The van der Waals surface area contributed by atoms with Crippen molar-refractivity contribution in [2.75, 3.05) is 4.72 Å². The monoisotopic (exact) mass is 399 g/mol. The van der Waals surface area contributed by atoms with Gasteiger partial charge < -0.3 is 14.2 Å². The molecular formula is C15H8BrF2NO3S. The summed E-state index contributed by atoms with van der Waals surface area (Å²) in [4.78, 5) is 11.6. The summed E-state index contributed by atoms with van der Waals surface area (Å²) < 4.78 is 35.8. The number of furan rings is 1. The van der Waals surface area contributed by atoms with Crippen molar-refractivity contribution in [3.8, 4) is 11.3 Å². The van der Waals surface area contributed by atoms with Crippen molar-refractivity contribution in [3.63, 3.8) is 0 Å². The second kappa shape index (κ2) is 5.86. The molecule has 1 heterocycles.